The lowest BCUT2D eigenvalue weighted by atomic mass is 10.2. The average molecular weight is 290 g/mol. The number of benzene rings is 1. The Bertz CT molecular complexity index is 576. The Morgan fingerprint density at radius 2 is 1.85 bits per heavy atom. The molecule has 0 radical (unpaired) electrons. The van der Waals surface area contributed by atoms with E-state index in [-0.39, 0.29) is 5.91 Å². The second-order valence-electron chi connectivity index (χ2n) is 3.66. The molecule has 0 bridgehead atoms. The predicted molar refractivity (Wildman–Crippen MR) is 86.1 cm³/mol. The second-order valence-corrected chi connectivity index (χ2v) is 4.07. The van der Waals surface area contributed by atoms with Crippen LogP contribution in [0.3, 0.4) is 0 Å². The Morgan fingerprint density at radius 3 is 2.35 bits per heavy atom. The van der Waals surface area contributed by atoms with Gasteiger partial charge in [0.25, 0.3) is 0 Å². The molecule has 0 heterocycles. The first kappa shape index (κ1) is 15.7. The number of nitrogens with one attached hydrogen (secondary N) is 2. The number of para-hydroxylation sites is 2. The van der Waals surface area contributed by atoms with Crippen molar-refractivity contribution in [3.05, 3.63) is 60.8 Å². The predicted octanol–water partition coefficient (Wildman–Crippen LogP) is 3.91. The number of hydrogen-bond donors (Lipinski definition) is 2. The van der Waals surface area contributed by atoms with Gasteiger partial charge in [0.15, 0.2) is 0 Å². The minimum absolute atomic E-state index is 0.293. The van der Waals surface area contributed by atoms with Gasteiger partial charge in [0.1, 0.15) is 5.84 Å². The van der Waals surface area contributed by atoms with Gasteiger partial charge >= 0.3 is 0 Å². The van der Waals surface area contributed by atoms with E-state index in [1.165, 1.54) is 12.3 Å². The monoisotopic (exact) mass is 289 g/mol. The van der Waals surface area contributed by atoms with Gasteiger partial charge in [0.2, 0.25) is 5.91 Å². The highest BCUT2D eigenvalue weighted by Gasteiger charge is 2.08. The third-order valence-corrected chi connectivity index (χ3v) is 2.72. The maximum atomic E-state index is 11.4. The number of carbonyl (C=O) groups is 1. The van der Waals surface area contributed by atoms with Gasteiger partial charge in [0, 0.05) is 6.20 Å². The van der Waals surface area contributed by atoms with E-state index >= 15 is 0 Å². The van der Waals surface area contributed by atoms with Crippen molar-refractivity contribution in [3.8, 4) is 0 Å². The highest BCUT2D eigenvalue weighted by atomic mass is 35.5. The van der Waals surface area contributed by atoms with Gasteiger partial charge < -0.3 is 10.6 Å². The van der Waals surface area contributed by atoms with Gasteiger partial charge in [-0.05, 0) is 25.1 Å². The Morgan fingerprint density at radius 1 is 1.25 bits per heavy atom. The van der Waals surface area contributed by atoms with Gasteiger partial charge in [0.05, 0.1) is 16.4 Å². The molecule has 0 atom stereocenters. The van der Waals surface area contributed by atoms with Crippen LogP contribution in [-0.2, 0) is 4.79 Å². The molecular weight excluding hydrogens is 274 g/mol. The summed E-state index contributed by atoms with van der Waals surface area (Å²) < 4.78 is 0. The number of amides is 1. The van der Waals surface area contributed by atoms with Gasteiger partial charge in [-0.2, -0.15) is 0 Å². The van der Waals surface area contributed by atoms with E-state index in [4.69, 9.17) is 11.6 Å². The molecule has 1 amide bonds. The minimum atomic E-state index is -0.293. The molecule has 4 nitrogen and oxygen atoms in total. The fraction of sp³-hybridized carbons (Fsp3) is 0.0667. The van der Waals surface area contributed by atoms with E-state index < -0.39 is 0 Å². The van der Waals surface area contributed by atoms with E-state index in [2.05, 4.69) is 28.8 Å². The van der Waals surface area contributed by atoms with Crippen LogP contribution in [0.4, 0.5) is 11.4 Å². The van der Waals surface area contributed by atoms with Gasteiger partial charge in [-0.3, -0.25) is 4.79 Å². The molecule has 104 valence electrons. The summed E-state index contributed by atoms with van der Waals surface area (Å²) in [7, 11) is 0. The molecule has 0 spiro atoms. The van der Waals surface area contributed by atoms with Crippen molar-refractivity contribution >= 4 is 34.7 Å². The minimum Gasteiger partial charge on any atom is -0.337 e. The summed E-state index contributed by atoms with van der Waals surface area (Å²) in [5.74, 6) is 0.156. The SMILES string of the molecule is C=C/N=C(Nc1ccccc1NC(=O)C=C)\C(Cl)=C/C. The normalized spacial score (nSPS) is 11.7. The van der Waals surface area contributed by atoms with Crippen LogP contribution in [0.1, 0.15) is 6.92 Å². The number of rotatable bonds is 5. The molecular formula is C15H16ClN3O. The van der Waals surface area contributed by atoms with Crippen LogP contribution in [0.15, 0.2) is 65.8 Å². The Labute approximate surface area is 123 Å². The van der Waals surface area contributed by atoms with Crippen molar-refractivity contribution < 1.29 is 4.79 Å². The average Bonchev–Trinajstić information content (AvgIpc) is 2.47. The van der Waals surface area contributed by atoms with Gasteiger partial charge in [-0.1, -0.05) is 43.0 Å². The highest BCUT2D eigenvalue weighted by Crippen LogP contribution is 2.22. The van der Waals surface area contributed by atoms with Crippen LogP contribution in [0.5, 0.6) is 0 Å². The summed E-state index contributed by atoms with van der Waals surface area (Å²) in [6.07, 6.45) is 4.30. The maximum Gasteiger partial charge on any atom is 0.247 e. The zero-order chi connectivity index (χ0) is 15.0. The molecule has 0 fully saturated rings. The number of hydrogen-bond acceptors (Lipinski definition) is 2. The summed E-state index contributed by atoms with van der Waals surface area (Å²) in [5.41, 5.74) is 1.28. The van der Waals surface area contributed by atoms with Gasteiger partial charge in [-0.25, -0.2) is 4.99 Å². The number of nitrogens with zero attached hydrogens (tertiary/aromatic N) is 1. The quantitative estimate of drug-likeness (QED) is 0.490. The number of anilines is 2. The second kappa shape index (κ2) is 7.96. The highest BCUT2D eigenvalue weighted by molar-refractivity contribution is 6.45. The van der Waals surface area contributed by atoms with Crippen LogP contribution in [0.2, 0.25) is 0 Å². The van der Waals surface area contributed by atoms with E-state index in [1.807, 2.05) is 12.1 Å². The smallest absolute Gasteiger partial charge is 0.247 e. The van der Waals surface area contributed by atoms with Crippen LogP contribution in [-0.4, -0.2) is 11.7 Å². The first-order valence-electron chi connectivity index (χ1n) is 5.92. The molecule has 2 N–H and O–H groups in total. The zero-order valence-corrected chi connectivity index (χ0v) is 11.9. The third kappa shape index (κ3) is 4.40. The number of amidine groups is 1. The van der Waals surface area contributed by atoms with Crippen molar-refractivity contribution in [3.63, 3.8) is 0 Å². The fourth-order valence-corrected chi connectivity index (χ4v) is 1.49. The molecule has 0 aromatic heterocycles. The molecule has 0 aliphatic rings. The van der Waals surface area contributed by atoms with Crippen LogP contribution in [0.25, 0.3) is 0 Å². The zero-order valence-electron chi connectivity index (χ0n) is 11.2. The Hall–Kier alpha value is -2.33. The molecule has 1 aromatic carbocycles. The van der Waals surface area contributed by atoms with E-state index in [0.717, 1.165) is 0 Å². The van der Waals surface area contributed by atoms with Crippen molar-refractivity contribution in [1.82, 2.24) is 0 Å². The molecule has 0 aliphatic heterocycles. The molecule has 0 unspecified atom stereocenters. The molecule has 5 heteroatoms. The first-order valence-corrected chi connectivity index (χ1v) is 6.30. The standard InChI is InChI=1S/C15H16ClN3O/c1-4-11(16)15(17-6-3)19-13-10-8-7-9-12(13)18-14(20)5-2/h4-10H,2-3H2,1H3,(H,17,19)(H,18,20)/b11-4+. The summed E-state index contributed by atoms with van der Waals surface area (Å²) in [4.78, 5) is 15.5. The van der Waals surface area contributed by atoms with Crippen LogP contribution >= 0.6 is 11.6 Å². The number of carbonyl (C=O) groups excluding carboxylic acids is 1. The Kier molecular flexibility index (Phi) is 6.26. The third-order valence-electron chi connectivity index (χ3n) is 2.32. The summed E-state index contributed by atoms with van der Waals surface area (Å²) in [6, 6.07) is 7.21. The van der Waals surface area contributed by atoms with E-state index in [9.17, 15) is 4.79 Å². The lowest BCUT2D eigenvalue weighted by molar-refractivity contribution is -0.111. The Balaban J connectivity index is 3.07. The fourth-order valence-electron chi connectivity index (χ4n) is 1.39. The molecule has 0 saturated carbocycles. The van der Waals surface area contributed by atoms with Crippen molar-refractivity contribution in [1.29, 1.82) is 0 Å². The van der Waals surface area contributed by atoms with Gasteiger partial charge in [-0.15, -0.1) is 0 Å². The van der Waals surface area contributed by atoms with Crippen molar-refractivity contribution in [2.75, 3.05) is 10.6 Å². The number of aliphatic imine (C=N–C) groups is 1. The molecule has 1 rings (SSSR count). The maximum absolute atomic E-state index is 11.4. The van der Waals surface area contributed by atoms with E-state index in [1.54, 1.807) is 25.1 Å². The van der Waals surface area contributed by atoms with Crippen LogP contribution < -0.4 is 10.6 Å². The number of halogens is 1. The summed E-state index contributed by atoms with van der Waals surface area (Å²) in [6.45, 7) is 8.76. The molecule has 20 heavy (non-hydrogen) atoms. The lowest BCUT2D eigenvalue weighted by Gasteiger charge is -2.13. The van der Waals surface area contributed by atoms with Crippen LogP contribution in [0, 0.1) is 0 Å². The van der Waals surface area contributed by atoms with E-state index in [0.29, 0.717) is 22.2 Å². The summed E-state index contributed by atoms with van der Waals surface area (Å²) in [5, 5.41) is 6.21. The molecule has 0 saturated heterocycles. The number of allylic oxidation sites excluding steroid dienone is 1. The summed E-state index contributed by atoms with van der Waals surface area (Å²) >= 11 is 6.06. The first-order chi connectivity index (χ1) is 9.62. The van der Waals surface area contributed by atoms with Crippen molar-refractivity contribution in [2.24, 2.45) is 4.99 Å². The molecule has 0 aliphatic carbocycles. The topological polar surface area (TPSA) is 53.5 Å². The largest absolute Gasteiger partial charge is 0.337 e. The lowest BCUT2D eigenvalue weighted by Crippen LogP contribution is -2.15. The molecule has 1 aromatic rings. The van der Waals surface area contributed by atoms with Crippen molar-refractivity contribution in [2.45, 2.75) is 6.92 Å².